The largest absolute Gasteiger partial charge is 0.485 e. The smallest absolute Gasteiger partial charge is 0.126 e. The average Bonchev–Trinajstić information content (AvgIpc) is 2.46. The molecule has 2 nitrogen and oxygen atoms in total. The topological polar surface area (TPSA) is 21.3 Å². The summed E-state index contributed by atoms with van der Waals surface area (Å²) >= 11 is 3.48. The molecule has 0 radical (unpaired) electrons. The van der Waals surface area contributed by atoms with E-state index in [1.54, 1.807) is 12.1 Å². The van der Waals surface area contributed by atoms with Crippen molar-refractivity contribution in [3.05, 3.63) is 63.9 Å². The lowest BCUT2D eigenvalue weighted by Gasteiger charge is -2.32. The van der Waals surface area contributed by atoms with Gasteiger partial charge in [0.15, 0.2) is 0 Å². The van der Waals surface area contributed by atoms with Gasteiger partial charge < -0.3 is 10.1 Å². The van der Waals surface area contributed by atoms with E-state index in [9.17, 15) is 4.39 Å². The fraction of sp³-hybridized carbons (Fsp3) is 0.250. The van der Waals surface area contributed by atoms with Gasteiger partial charge in [-0.2, -0.15) is 0 Å². The Morgan fingerprint density at radius 1 is 1.25 bits per heavy atom. The Balaban J connectivity index is 1.96. The van der Waals surface area contributed by atoms with Crippen LogP contribution in [0, 0.1) is 5.82 Å². The third-order valence-electron chi connectivity index (χ3n) is 3.64. The minimum Gasteiger partial charge on any atom is -0.485 e. The summed E-state index contributed by atoms with van der Waals surface area (Å²) in [5.41, 5.74) is 2.01. The van der Waals surface area contributed by atoms with Crippen molar-refractivity contribution in [1.82, 2.24) is 5.32 Å². The summed E-state index contributed by atoms with van der Waals surface area (Å²) in [5, 5.41) is 3.31. The number of nitrogens with one attached hydrogen (secondary N) is 1. The summed E-state index contributed by atoms with van der Waals surface area (Å²) in [7, 11) is 1.93. The van der Waals surface area contributed by atoms with Gasteiger partial charge in [-0.3, -0.25) is 0 Å². The van der Waals surface area contributed by atoms with Gasteiger partial charge in [-0.05, 0) is 42.9 Å². The van der Waals surface area contributed by atoms with Gasteiger partial charge in [0.2, 0.25) is 0 Å². The molecule has 0 saturated heterocycles. The van der Waals surface area contributed by atoms with Crippen LogP contribution in [-0.2, 0) is 0 Å². The van der Waals surface area contributed by atoms with Crippen LogP contribution in [0.1, 0.15) is 29.7 Å². The maximum atomic E-state index is 13.4. The van der Waals surface area contributed by atoms with Crippen molar-refractivity contribution in [1.29, 1.82) is 0 Å². The van der Waals surface area contributed by atoms with Crippen molar-refractivity contribution >= 4 is 15.9 Å². The summed E-state index contributed by atoms with van der Waals surface area (Å²) in [6, 6.07) is 12.8. The van der Waals surface area contributed by atoms with E-state index >= 15 is 0 Å². The number of halogens is 2. The summed E-state index contributed by atoms with van der Waals surface area (Å²) in [6.07, 6.45) is 0.653. The van der Waals surface area contributed by atoms with Crippen LogP contribution >= 0.6 is 15.9 Å². The molecule has 0 spiro atoms. The molecule has 2 aromatic carbocycles. The second kappa shape index (κ2) is 5.54. The minimum absolute atomic E-state index is 0.128. The molecule has 0 fully saturated rings. The number of ether oxygens (including phenoxy) is 1. The monoisotopic (exact) mass is 335 g/mol. The molecule has 0 amide bonds. The van der Waals surface area contributed by atoms with Crippen LogP contribution in [0.4, 0.5) is 4.39 Å². The molecular weight excluding hydrogens is 321 g/mol. The third-order valence-corrected chi connectivity index (χ3v) is 4.13. The van der Waals surface area contributed by atoms with Gasteiger partial charge in [0.05, 0.1) is 0 Å². The normalized spacial score (nSPS) is 21.1. The molecule has 104 valence electrons. The maximum Gasteiger partial charge on any atom is 0.126 e. The molecule has 20 heavy (non-hydrogen) atoms. The van der Waals surface area contributed by atoms with Crippen LogP contribution in [0.25, 0.3) is 0 Å². The van der Waals surface area contributed by atoms with Crippen molar-refractivity contribution in [2.75, 3.05) is 7.05 Å². The Kier molecular flexibility index (Phi) is 3.76. The lowest BCUT2D eigenvalue weighted by atomic mass is 9.93. The molecule has 0 aliphatic carbocycles. The first-order valence-corrected chi connectivity index (χ1v) is 7.35. The van der Waals surface area contributed by atoms with Gasteiger partial charge in [0.25, 0.3) is 0 Å². The zero-order valence-corrected chi connectivity index (χ0v) is 12.7. The zero-order chi connectivity index (χ0) is 14.1. The molecule has 1 heterocycles. The minimum atomic E-state index is -0.228. The standard InChI is InChI=1S/C16H15BrFNO/c1-19-14-9-16(10-3-2-4-12(18)7-10)20-15-6-5-11(17)8-13(14)15/h2-8,14,16,19H,9H2,1H3. The molecule has 0 saturated carbocycles. The van der Waals surface area contributed by atoms with Gasteiger partial charge in [0, 0.05) is 22.5 Å². The van der Waals surface area contributed by atoms with Crippen LogP contribution in [-0.4, -0.2) is 7.05 Å². The lowest BCUT2D eigenvalue weighted by molar-refractivity contribution is 0.153. The van der Waals surface area contributed by atoms with Crippen LogP contribution in [0.15, 0.2) is 46.9 Å². The van der Waals surface area contributed by atoms with E-state index in [4.69, 9.17) is 4.74 Å². The number of fused-ring (bicyclic) bond motifs is 1. The van der Waals surface area contributed by atoms with Crippen molar-refractivity contribution in [3.8, 4) is 5.75 Å². The zero-order valence-electron chi connectivity index (χ0n) is 11.1. The third kappa shape index (κ3) is 2.58. The molecule has 1 N–H and O–H groups in total. The molecule has 2 aromatic rings. The van der Waals surface area contributed by atoms with E-state index in [1.165, 1.54) is 6.07 Å². The first-order valence-electron chi connectivity index (χ1n) is 6.56. The van der Waals surface area contributed by atoms with Crippen molar-refractivity contribution < 1.29 is 9.13 Å². The summed E-state index contributed by atoms with van der Waals surface area (Å²) in [6.45, 7) is 0. The van der Waals surface area contributed by atoms with Crippen molar-refractivity contribution in [2.45, 2.75) is 18.6 Å². The molecule has 0 aromatic heterocycles. The Bertz CT molecular complexity index is 632. The van der Waals surface area contributed by atoms with Gasteiger partial charge >= 0.3 is 0 Å². The van der Waals surface area contributed by atoms with E-state index in [2.05, 4.69) is 27.3 Å². The van der Waals surface area contributed by atoms with Gasteiger partial charge in [-0.15, -0.1) is 0 Å². The number of hydrogen-bond donors (Lipinski definition) is 1. The molecule has 3 rings (SSSR count). The summed E-state index contributed by atoms with van der Waals surface area (Å²) < 4.78 is 20.4. The molecule has 0 bridgehead atoms. The predicted octanol–water partition coefficient (Wildman–Crippen LogP) is 4.37. The second-order valence-corrected chi connectivity index (χ2v) is 5.84. The van der Waals surface area contributed by atoms with E-state index < -0.39 is 0 Å². The van der Waals surface area contributed by atoms with E-state index in [1.807, 2.05) is 25.2 Å². The predicted molar refractivity (Wildman–Crippen MR) is 80.3 cm³/mol. The van der Waals surface area contributed by atoms with Crippen molar-refractivity contribution in [3.63, 3.8) is 0 Å². The number of hydrogen-bond acceptors (Lipinski definition) is 2. The van der Waals surface area contributed by atoms with Crippen LogP contribution in [0.3, 0.4) is 0 Å². The quantitative estimate of drug-likeness (QED) is 0.879. The highest BCUT2D eigenvalue weighted by Gasteiger charge is 2.28. The molecule has 1 aliphatic rings. The highest BCUT2D eigenvalue weighted by atomic mass is 79.9. The molecule has 1 aliphatic heterocycles. The maximum absolute atomic E-state index is 13.4. The van der Waals surface area contributed by atoms with E-state index in [0.29, 0.717) is 0 Å². The second-order valence-electron chi connectivity index (χ2n) is 4.92. The van der Waals surface area contributed by atoms with Crippen LogP contribution in [0.5, 0.6) is 5.75 Å². The molecule has 2 atom stereocenters. The van der Waals surface area contributed by atoms with Crippen LogP contribution in [0.2, 0.25) is 0 Å². The van der Waals surface area contributed by atoms with Gasteiger partial charge in [0.1, 0.15) is 17.7 Å². The van der Waals surface area contributed by atoms with Crippen LogP contribution < -0.4 is 10.1 Å². The highest BCUT2D eigenvalue weighted by molar-refractivity contribution is 9.10. The fourth-order valence-corrected chi connectivity index (χ4v) is 3.00. The average molecular weight is 336 g/mol. The Labute approximate surface area is 126 Å². The Hall–Kier alpha value is -1.39. The highest BCUT2D eigenvalue weighted by Crippen LogP contribution is 2.41. The molecule has 2 unspecified atom stereocenters. The SMILES string of the molecule is CNC1CC(c2cccc(F)c2)Oc2ccc(Br)cc21. The van der Waals surface area contributed by atoms with Crippen molar-refractivity contribution in [2.24, 2.45) is 0 Å². The summed E-state index contributed by atoms with van der Waals surface area (Å²) in [4.78, 5) is 0. The number of benzene rings is 2. The van der Waals surface area contributed by atoms with E-state index in [-0.39, 0.29) is 18.0 Å². The molecular formula is C16H15BrFNO. The first-order chi connectivity index (χ1) is 9.67. The number of rotatable bonds is 2. The Morgan fingerprint density at radius 2 is 2.10 bits per heavy atom. The summed E-state index contributed by atoms with van der Waals surface area (Å²) in [5.74, 6) is 0.627. The lowest BCUT2D eigenvalue weighted by Crippen LogP contribution is -2.26. The Morgan fingerprint density at radius 3 is 2.85 bits per heavy atom. The fourth-order valence-electron chi connectivity index (χ4n) is 2.63. The van der Waals surface area contributed by atoms with E-state index in [0.717, 1.165) is 27.8 Å². The first kappa shape index (κ1) is 13.6. The van der Waals surface area contributed by atoms with Gasteiger partial charge in [-0.25, -0.2) is 4.39 Å². The van der Waals surface area contributed by atoms with Gasteiger partial charge in [-0.1, -0.05) is 28.1 Å². The molecule has 4 heteroatoms.